The smallest absolute Gasteiger partial charge is 0.488 e. The molecule has 2 aliphatic heterocycles. The Morgan fingerprint density at radius 1 is 1.00 bits per heavy atom. The lowest BCUT2D eigenvalue weighted by atomic mass is 9.69. The van der Waals surface area contributed by atoms with Crippen LogP contribution in [0.25, 0.3) is 22.4 Å². The van der Waals surface area contributed by atoms with Gasteiger partial charge in [-0.05, 0) is 88.8 Å². The van der Waals surface area contributed by atoms with E-state index >= 15 is 0 Å². The molecule has 0 unspecified atom stereocenters. The lowest BCUT2D eigenvalue weighted by Gasteiger charge is -2.31. The molecule has 4 atom stereocenters. The Kier molecular flexibility index (Phi) is 8.51. The fourth-order valence-corrected chi connectivity index (χ4v) is 7.59. The average molecular weight is 631 g/mol. The van der Waals surface area contributed by atoms with Crippen molar-refractivity contribution in [2.24, 2.45) is 17.8 Å². The zero-order chi connectivity index (χ0) is 32.7. The number of fused-ring (bicyclic) bond motifs is 4. The summed E-state index contributed by atoms with van der Waals surface area (Å²) in [4.78, 5) is 33.6. The van der Waals surface area contributed by atoms with Gasteiger partial charge in [0.2, 0.25) is 11.8 Å². The van der Waals surface area contributed by atoms with Gasteiger partial charge in [-0.3, -0.25) is 19.5 Å². The van der Waals surface area contributed by atoms with Gasteiger partial charge < -0.3 is 24.6 Å². The minimum atomic E-state index is -1.71. The molecular formula is C37H35BN2O7. The number of anilines is 1. The van der Waals surface area contributed by atoms with E-state index in [1.54, 1.807) is 31.5 Å². The number of aromatic nitrogens is 1. The number of ether oxygens (including phenoxy) is 2. The van der Waals surface area contributed by atoms with Crippen molar-refractivity contribution in [2.45, 2.75) is 25.4 Å². The van der Waals surface area contributed by atoms with Crippen molar-refractivity contribution in [1.29, 1.82) is 0 Å². The van der Waals surface area contributed by atoms with Crippen LogP contribution < -0.4 is 10.4 Å². The van der Waals surface area contributed by atoms with Gasteiger partial charge in [0.1, 0.15) is 5.75 Å². The molecule has 3 aliphatic rings. The fourth-order valence-electron chi connectivity index (χ4n) is 7.59. The normalized spacial score (nSPS) is 22.6. The quantitative estimate of drug-likeness (QED) is 0.143. The number of hydrogen-bond acceptors (Lipinski definition) is 8. The first-order valence-electron chi connectivity index (χ1n) is 15.8. The van der Waals surface area contributed by atoms with Crippen LogP contribution in [0.1, 0.15) is 30.5 Å². The maximum absolute atomic E-state index is 14.0. The number of hydrogen-bond donors (Lipinski definition) is 3. The highest BCUT2D eigenvalue weighted by Gasteiger charge is 2.57. The predicted octanol–water partition coefficient (Wildman–Crippen LogP) is 4.11. The van der Waals surface area contributed by atoms with Crippen LogP contribution in [0.2, 0.25) is 0 Å². The number of imide groups is 1. The summed E-state index contributed by atoms with van der Waals surface area (Å²) in [6.45, 7) is 0.660. The van der Waals surface area contributed by atoms with E-state index in [2.05, 4.69) is 11.1 Å². The van der Waals surface area contributed by atoms with E-state index in [1.807, 2.05) is 48.5 Å². The number of allylic oxidation sites excluding steroid dienone is 1. The van der Waals surface area contributed by atoms with E-state index in [0.29, 0.717) is 38.2 Å². The van der Waals surface area contributed by atoms with Crippen LogP contribution in [0.3, 0.4) is 0 Å². The third kappa shape index (κ3) is 5.68. The summed E-state index contributed by atoms with van der Waals surface area (Å²) in [6.07, 6.45) is 5.29. The summed E-state index contributed by atoms with van der Waals surface area (Å²) in [7, 11) is -0.0865. The molecule has 0 radical (unpaired) electrons. The fraction of sp³-hybridized carbons (Fsp3) is 0.270. The van der Waals surface area contributed by atoms with Crippen LogP contribution in [-0.2, 0) is 19.1 Å². The van der Waals surface area contributed by atoms with E-state index in [0.717, 1.165) is 38.7 Å². The van der Waals surface area contributed by atoms with Crippen molar-refractivity contribution in [3.63, 3.8) is 0 Å². The van der Waals surface area contributed by atoms with Crippen LogP contribution in [0.5, 0.6) is 5.75 Å². The molecule has 0 bridgehead atoms. The van der Waals surface area contributed by atoms with Gasteiger partial charge in [-0.2, -0.15) is 0 Å². The van der Waals surface area contributed by atoms with Gasteiger partial charge in [0.25, 0.3) is 0 Å². The molecule has 238 valence electrons. The Hall–Kier alpha value is -4.61. The first-order chi connectivity index (χ1) is 22.9. The first kappa shape index (κ1) is 31.0. The first-order valence-corrected chi connectivity index (χ1v) is 15.8. The van der Waals surface area contributed by atoms with Gasteiger partial charge in [0.15, 0.2) is 0 Å². The zero-order valence-corrected chi connectivity index (χ0v) is 26.0. The molecule has 3 heterocycles. The molecular weight excluding hydrogens is 595 g/mol. The maximum Gasteiger partial charge on any atom is 0.488 e. The molecule has 1 aromatic heterocycles. The van der Waals surface area contributed by atoms with Crippen molar-refractivity contribution in [2.75, 3.05) is 25.2 Å². The molecule has 3 aromatic carbocycles. The number of amides is 2. The number of nitrogens with zero attached hydrogens (tertiary/aromatic N) is 2. The number of methoxy groups -OCH3 is 1. The highest BCUT2D eigenvalue weighted by molar-refractivity contribution is 6.58. The highest BCUT2D eigenvalue weighted by atomic mass is 16.5. The van der Waals surface area contributed by atoms with Crippen LogP contribution in [-0.4, -0.2) is 65.5 Å². The summed E-state index contributed by atoms with van der Waals surface area (Å²) in [5.41, 5.74) is 5.41. The van der Waals surface area contributed by atoms with E-state index in [4.69, 9.17) is 9.47 Å². The molecule has 2 fully saturated rings. The highest BCUT2D eigenvalue weighted by Crippen LogP contribution is 2.50. The van der Waals surface area contributed by atoms with Gasteiger partial charge in [-0.15, -0.1) is 0 Å². The lowest BCUT2D eigenvalue weighted by Crippen LogP contribution is -2.36. The van der Waals surface area contributed by atoms with Gasteiger partial charge >= 0.3 is 7.12 Å². The Morgan fingerprint density at radius 3 is 2.57 bits per heavy atom. The topological polar surface area (TPSA) is 129 Å². The Morgan fingerprint density at radius 2 is 1.81 bits per heavy atom. The second-order valence-electron chi connectivity index (χ2n) is 12.4. The second kappa shape index (κ2) is 12.9. The van der Waals surface area contributed by atoms with E-state index in [9.17, 15) is 24.7 Å². The Labute approximate surface area is 272 Å². The van der Waals surface area contributed by atoms with Crippen molar-refractivity contribution >= 4 is 52.5 Å². The molecule has 47 heavy (non-hydrogen) atoms. The third-order valence-electron chi connectivity index (χ3n) is 9.69. The number of rotatable bonds is 9. The number of phenolic OH excluding ortho intramolecular Hbond substituents is 1. The molecule has 7 rings (SSSR count). The van der Waals surface area contributed by atoms with Crippen LogP contribution in [0, 0.1) is 17.8 Å². The number of benzene rings is 3. The minimum absolute atomic E-state index is 0.207. The summed E-state index contributed by atoms with van der Waals surface area (Å²) < 4.78 is 12.0. The minimum Gasteiger partial charge on any atom is -0.507 e. The zero-order valence-electron chi connectivity index (χ0n) is 26.0. The molecule has 0 spiro atoms. The van der Waals surface area contributed by atoms with Crippen molar-refractivity contribution < 1.29 is 34.2 Å². The summed E-state index contributed by atoms with van der Waals surface area (Å²) in [6, 6.07) is 23.4. The molecule has 9 nitrogen and oxygen atoms in total. The van der Waals surface area contributed by atoms with E-state index < -0.39 is 19.0 Å². The number of pyridine rings is 1. The third-order valence-corrected chi connectivity index (χ3v) is 9.69. The SMILES string of the molecule is COCC1=C2[C@@H](CC/C(=C/c3ccc(O)c4ccccc34)c3ccccn3)OC[C@@H]2[C@@H]2C(=O)N(c3cccc(B(O)O)c3)C(=O)[C@@H]2C1. The Bertz CT molecular complexity index is 1910. The maximum atomic E-state index is 14.0. The predicted molar refractivity (Wildman–Crippen MR) is 179 cm³/mol. The monoisotopic (exact) mass is 630 g/mol. The standard InChI is InChI=1S/C37H35BN2O7/c1-46-20-24-18-29-35(37(43)40(36(29)42)26-8-6-7-25(19-26)38(44)45)30-21-47-33(34(24)30)15-13-23(31-11-4-5-16-39-31)17-22-12-14-32(41)28-10-3-2-9-27(22)28/h2-12,14,16-17,19,29-30,33,35,41,44-45H,13,15,18,20-21H2,1H3/b23-17-/t29-,30+,33-,35-/m1/s1. The van der Waals surface area contributed by atoms with Crippen LogP contribution in [0.15, 0.2) is 96.2 Å². The molecule has 0 saturated carbocycles. The van der Waals surface area contributed by atoms with Crippen molar-refractivity contribution in [1.82, 2.24) is 4.98 Å². The van der Waals surface area contributed by atoms with E-state index in [1.165, 1.54) is 17.0 Å². The number of carbonyl (C=O) groups excluding carboxylic acids is 2. The van der Waals surface area contributed by atoms with Gasteiger partial charge in [0, 0.05) is 24.6 Å². The average Bonchev–Trinajstić information content (AvgIpc) is 3.62. The number of phenols is 1. The molecule has 2 amide bonds. The van der Waals surface area contributed by atoms with Crippen molar-refractivity contribution in [3.8, 4) is 5.75 Å². The van der Waals surface area contributed by atoms with E-state index in [-0.39, 0.29) is 35.0 Å². The summed E-state index contributed by atoms with van der Waals surface area (Å²) in [5.74, 6) is -1.73. The molecule has 4 aromatic rings. The largest absolute Gasteiger partial charge is 0.507 e. The molecule has 10 heteroatoms. The van der Waals surface area contributed by atoms with Gasteiger partial charge in [-0.25, -0.2) is 0 Å². The molecule has 1 aliphatic carbocycles. The summed E-state index contributed by atoms with van der Waals surface area (Å²) in [5, 5.41) is 31.6. The van der Waals surface area contributed by atoms with Crippen LogP contribution in [0.4, 0.5) is 5.69 Å². The molecule has 3 N–H and O–H groups in total. The van der Waals surface area contributed by atoms with Gasteiger partial charge in [-0.1, -0.05) is 48.5 Å². The van der Waals surface area contributed by atoms with Crippen LogP contribution >= 0.6 is 0 Å². The number of carbonyl (C=O) groups is 2. The second-order valence-corrected chi connectivity index (χ2v) is 12.4. The molecule has 2 saturated heterocycles. The Balaban J connectivity index is 1.19. The summed E-state index contributed by atoms with van der Waals surface area (Å²) >= 11 is 0. The van der Waals surface area contributed by atoms with Gasteiger partial charge in [0.05, 0.1) is 42.5 Å². The van der Waals surface area contributed by atoms with Crippen molar-refractivity contribution in [3.05, 3.63) is 107 Å². The lowest BCUT2D eigenvalue weighted by molar-refractivity contribution is -0.122. The number of aromatic hydroxyl groups is 1.